The van der Waals surface area contributed by atoms with E-state index in [1.54, 1.807) is 15.9 Å². The molecule has 0 radical (unpaired) electrons. The average molecular weight is 375 g/mol. The van der Waals surface area contributed by atoms with Gasteiger partial charge in [0.2, 0.25) is 5.91 Å². The summed E-state index contributed by atoms with van der Waals surface area (Å²) in [4.78, 5) is 39.2. The number of hydrogen-bond acceptors (Lipinski definition) is 5. The molecule has 2 amide bonds. The minimum atomic E-state index is -0.582. The van der Waals surface area contributed by atoms with E-state index < -0.39 is 16.6 Å². The van der Waals surface area contributed by atoms with E-state index in [4.69, 9.17) is 4.74 Å². The fourth-order valence-electron chi connectivity index (χ4n) is 3.60. The van der Waals surface area contributed by atoms with Crippen molar-refractivity contribution in [2.45, 2.75) is 45.6 Å². The normalized spacial score (nSPS) is 19.6. The molecular weight excluding hydrogens is 350 g/mol. The number of non-ortho nitro benzene ring substituents is 1. The van der Waals surface area contributed by atoms with Gasteiger partial charge >= 0.3 is 6.09 Å². The first-order valence-corrected chi connectivity index (χ1v) is 9.22. The molecule has 0 N–H and O–H groups in total. The summed E-state index contributed by atoms with van der Waals surface area (Å²) >= 11 is 0. The Bertz CT molecular complexity index is 771. The highest BCUT2D eigenvalue weighted by Crippen LogP contribution is 2.34. The van der Waals surface area contributed by atoms with Crippen molar-refractivity contribution < 1.29 is 19.2 Å². The summed E-state index contributed by atoms with van der Waals surface area (Å²) in [7, 11) is 0. The smallest absolute Gasteiger partial charge is 0.410 e. The number of nitrogens with zero attached hydrogens (tertiary/aromatic N) is 3. The van der Waals surface area contributed by atoms with Gasteiger partial charge in [-0.1, -0.05) is 6.07 Å². The zero-order valence-electron chi connectivity index (χ0n) is 15.9. The van der Waals surface area contributed by atoms with Crippen LogP contribution in [-0.4, -0.2) is 47.1 Å². The first-order valence-electron chi connectivity index (χ1n) is 9.22. The van der Waals surface area contributed by atoms with Crippen LogP contribution in [0.1, 0.15) is 39.2 Å². The van der Waals surface area contributed by atoms with Crippen molar-refractivity contribution in [3.05, 3.63) is 33.9 Å². The van der Waals surface area contributed by atoms with Gasteiger partial charge in [0.25, 0.3) is 5.69 Å². The topological polar surface area (TPSA) is 93.0 Å². The van der Waals surface area contributed by atoms with Gasteiger partial charge in [-0.2, -0.15) is 0 Å². The van der Waals surface area contributed by atoms with Crippen molar-refractivity contribution in [2.75, 3.05) is 24.5 Å². The molecule has 8 nitrogen and oxygen atoms in total. The van der Waals surface area contributed by atoms with E-state index in [9.17, 15) is 19.7 Å². The van der Waals surface area contributed by atoms with Gasteiger partial charge in [0.15, 0.2) is 0 Å². The molecule has 1 aromatic carbocycles. The number of nitro benzene ring substituents is 1. The largest absolute Gasteiger partial charge is 0.444 e. The molecule has 1 saturated heterocycles. The summed E-state index contributed by atoms with van der Waals surface area (Å²) in [5.41, 5.74) is 0.950. The molecule has 3 rings (SSSR count). The van der Waals surface area contributed by atoms with Crippen LogP contribution in [-0.2, 0) is 16.0 Å². The number of carbonyl (C=O) groups is 2. The number of ether oxygens (including phenoxy) is 1. The number of likely N-dealkylation sites (tertiary alicyclic amines) is 1. The SMILES string of the molecule is CC(C)(C)OC(=O)N1CCC[C@@H](C(=O)N2CCc3ccc([N+](=O)[O-])cc32)C1. The predicted molar refractivity (Wildman–Crippen MR) is 99.7 cm³/mol. The van der Waals surface area contributed by atoms with Crippen molar-refractivity contribution >= 4 is 23.4 Å². The Labute approximate surface area is 158 Å². The summed E-state index contributed by atoms with van der Waals surface area (Å²) in [6, 6.07) is 4.65. The highest BCUT2D eigenvalue weighted by molar-refractivity contribution is 5.97. The summed E-state index contributed by atoms with van der Waals surface area (Å²) < 4.78 is 5.42. The Balaban J connectivity index is 1.73. The van der Waals surface area contributed by atoms with Crippen LogP contribution >= 0.6 is 0 Å². The van der Waals surface area contributed by atoms with E-state index in [1.165, 1.54) is 12.1 Å². The minimum absolute atomic E-state index is 0.0209. The third-order valence-corrected chi connectivity index (χ3v) is 4.86. The van der Waals surface area contributed by atoms with Crippen LogP contribution in [0.15, 0.2) is 18.2 Å². The molecule has 1 aromatic rings. The Morgan fingerprint density at radius 1 is 1.26 bits per heavy atom. The highest BCUT2D eigenvalue weighted by Gasteiger charge is 2.36. The van der Waals surface area contributed by atoms with E-state index in [0.717, 1.165) is 12.0 Å². The number of amides is 2. The van der Waals surface area contributed by atoms with Crippen LogP contribution in [0.2, 0.25) is 0 Å². The first-order chi connectivity index (χ1) is 12.7. The number of hydrogen-bond donors (Lipinski definition) is 0. The lowest BCUT2D eigenvalue weighted by atomic mass is 9.96. The van der Waals surface area contributed by atoms with Crippen molar-refractivity contribution in [3.8, 4) is 0 Å². The van der Waals surface area contributed by atoms with Gasteiger partial charge in [-0.15, -0.1) is 0 Å². The summed E-state index contributed by atoms with van der Waals surface area (Å²) in [5.74, 6) is -0.404. The Morgan fingerprint density at radius 3 is 2.67 bits per heavy atom. The third kappa shape index (κ3) is 4.20. The van der Waals surface area contributed by atoms with Crippen LogP contribution in [0.3, 0.4) is 0 Å². The molecule has 0 spiro atoms. The number of benzene rings is 1. The minimum Gasteiger partial charge on any atom is -0.444 e. The number of piperidine rings is 1. The van der Waals surface area contributed by atoms with E-state index in [1.807, 2.05) is 20.8 Å². The molecule has 0 unspecified atom stereocenters. The zero-order valence-corrected chi connectivity index (χ0v) is 15.9. The quantitative estimate of drug-likeness (QED) is 0.585. The predicted octanol–water partition coefficient (Wildman–Crippen LogP) is 3.13. The average Bonchev–Trinajstić information content (AvgIpc) is 3.02. The number of rotatable bonds is 2. The second kappa shape index (κ2) is 7.17. The van der Waals surface area contributed by atoms with E-state index in [-0.39, 0.29) is 17.5 Å². The Kier molecular flexibility index (Phi) is 5.08. The molecule has 1 fully saturated rings. The van der Waals surface area contributed by atoms with Gasteiger partial charge in [0, 0.05) is 31.8 Å². The standard InChI is InChI=1S/C19H25N3O5/c1-19(2,3)27-18(24)20-9-4-5-14(12-20)17(23)21-10-8-13-6-7-15(22(25)26)11-16(13)21/h6-7,11,14H,4-5,8-10,12H2,1-3H3/t14-/m1/s1. The molecule has 0 bridgehead atoms. The molecule has 27 heavy (non-hydrogen) atoms. The first kappa shape index (κ1) is 19.1. The van der Waals surface area contributed by atoms with Gasteiger partial charge in [0.1, 0.15) is 5.60 Å². The Morgan fingerprint density at radius 2 is 2.00 bits per heavy atom. The molecule has 1 atom stereocenters. The number of anilines is 1. The lowest BCUT2D eigenvalue weighted by Crippen LogP contribution is -2.47. The van der Waals surface area contributed by atoms with Crippen molar-refractivity contribution in [3.63, 3.8) is 0 Å². The number of carbonyl (C=O) groups excluding carboxylic acids is 2. The molecule has 8 heteroatoms. The van der Waals surface area contributed by atoms with Crippen molar-refractivity contribution in [2.24, 2.45) is 5.92 Å². The van der Waals surface area contributed by atoms with Crippen LogP contribution in [0, 0.1) is 16.0 Å². The monoisotopic (exact) mass is 375 g/mol. The maximum Gasteiger partial charge on any atom is 0.410 e. The second-order valence-corrected chi connectivity index (χ2v) is 8.08. The lowest BCUT2D eigenvalue weighted by molar-refractivity contribution is -0.384. The maximum absolute atomic E-state index is 13.1. The van der Waals surface area contributed by atoms with Gasteiger partial charge < -0.3 is 14.5 Å². The summed E-state index contributed by atoms with van der Waals surface area (Å²) in [5, 5.41) is 11.1. The van der Waals surface area contributed by atoms with Crippen LogP contribution in [0.5, 0.6) is 0 Å². The zero-order chi connectivity index (χ0) is 19.8. The molecule has 0 aliphatic carbocycles. The van der Waals surface area contributed by atoms with Gasteiger partial charge in [-0.05, 0) is 45.6 Å². The summed E-state index contributed by atoms with van der Waals surface area (Å²) in [6.45, 7) is 6.83. The van der Waals surface area contributed by atoms with Crippen molar-refractivity contribution in [1.29, 1.82) is 0 Å². The van der Waals surface area contributed by atoms with E-state index in [0.29, 0.717) is 38.2 Å². The molecule has 2 aliphatic rings. The third-order valence-electron chi connectivity index (χ3n) is 4.86. The van der Waals surface area contributed by atoms with Crippen LogP contribution < -0.4 is 4.90 Å². The van der Waals surface area contributed by atoms with Crippen molar-refractivity contribution in [1.82, 2.24) is 4.90 Å². The highest BCUT2D eigenvalue weighted by atomic mass is 16.6. The fraction of sp³-hybridized carbons (Fsp3) is 0.579. The molecule has 2 aliphatic heterocycles. The second-order valence-electron chi connectivity index (χ2n) is 8.08. The van der Waals surface area contributed by atoms with E-state index >= 15 is 0 Å². The van der Waals surface area contributed by atoms with Crippen LogP contribution in [0.4, 0.5) is 16.2 Å². The number of fused-ring (bicyclic) bond motifs is 1. The Hall–Kier alpha value is -2.64. The molecule has 0 saturated carbocycles. The van der Waals surface area contributed by atoms with E-state index in [2.05, 4.69) is 0 Å². The molecule has 146 valence electrons. The molecule has 0 aromatic heterocycles. The summed E-state index contributed by atoms with van der Waals surface area (Å²) in [6.07, 6.45) is 1.70. The lowest BCUT2D eigenvalue weighted by Gasteiger charge is -2.35. The van der Waals surface area contributed by atoms with Gasteiger partial charge in [-0.25, -0.2) is 4.79 Å². The maximum atomic E-state index is 13.1. The fourth-order valence-corrected chi connectivity index (χ4v) is 3.60. The van der Waals surface area contributed by atoms with Gasteiger partial charge in [-0.3, -0.25) is 14.9 Å². The molecular formula is C19H25N3O5. The van der Waals surface area contributed by atoms with Gasteiger partial charge in [0.05, 0.1) is 16.5 Å². The number of nitro groups is 1. The van der Waals surface area contributed by atoms with Crippen LogP contribution in [0.25, 0.3) is 0 Å². The molecule has 2 heterocycles.